The first kappa shape index (κ1) is 15.7. The minimum absolute atomic E-state index is 0.0386. The Morgan fingerprint density at radius 2 is 1.74 bits per heavy atom. The van der Waals surface area contributed by atoms with Gasteiger partial charge in [-0.1, -0.05) is 15.9 Å². The summed E-state index contributed by atoms with van der Waals surface area (Å²) in [5.41, 5.74) is 5.90. The minimum atomic E-state index is -0.149. The molecule has 5 nitrogen and oxygen atoms in total. The van der Waals surface area contributed by atoms with E-state index in [1.165, 1.54) is 0 Å². The van der Waals surface area contributed by atoms with Gasteiger partial charge in [-0.15, -0.1) is 0 Å². The monoisotopic (exact) mass is 327 g/mol. The van der Waals surface area contributed by atoms with Gasteiger partial charge in [0.25, 0.3) is 5.91 Å². The zero-order valence-corrected chi connectivity index (χ0v) is 12.2. The molecule has 0 fully saturated rings. The molecule has 0 spiro atoms. The first-order chi connectivity index (χ1) is 9.13. The molecule has 0 aliphatic rings. The van der Waals surface area contributed by atoms with E-state index in [9.17, 15) is 9.59 Å². The topological polar surface area (TPSA) is 84.2 Å². The lowest BCUT2D eigenvalue weighted by Crippen LogP contribution is -2.34. The van der Waals surface area contributed by atoms with Crippen LogP contribution in [0.5, 0.6) is 0 Å². The predicted octanol–water partition coefficient (Wildman–Crippen LogP) is 1.03. The highest BCUT2D eigenvalue weighted by Gasteiger charge is 2.04. The van der Waals surface area contributed by atoms with Crippen LogP contribution in [0, 0.1) is 0 Å². The van der Waals surface area contributed by atoms with Crippen molar-refractivity contribution in [2.24, 2.45) is 5.73 Å². The van der Waals surface area contributed by atoms with Crippen molar-refractivity contribution < 1.29 is 9.59 Å². The van der Waals surface area contributed by atoms with E-state index in [1.807, 2.05) is 12.1 Å². The fourth-order valence-corrected chi connectivity index (χ4v) is 1.70. The second kappa shape index (κ2) is 8.66. The van der Waals surface area contributed by atoms with Gasteiger partial charge in [0.15, 0.2) is 0 Å². The van der Waals surface area contributed by atoms with Crippen LogP contribution in [0.25, 0.3) is 0 Å². The third-order valence-electron chi connectivity index (χ3n) is 2.45. The highest BCUT2D eigenvalue weighted by Crippen LogP contribution is 2.10. The second-order valence-electron chi connectivity index (χ2n) is 4.00. The van der Waals surface area contributed by atoms with E-state index in [-0.39, 0.29) is 11.8 Å². The molecule has 6 heteroatoms. The van der Waals surface area contributed by atoms with E-state index in [0.717, 1.165) is 4.47 Å². The lowest BCUT2D eigenvalue weighted by Gasteiger charge is -2.07. The van der Waals surface area contributed by atoms with Crippen molar-refractivity contribution in [1.82, 2.24) is 10.6 Å². The van der Waals surface area contributed by atoms with Crippen molar-refractivity contribution in [3.05, 3.63) is 34.3 Å². The van der Waals surface area contributed by atoms with Crippen molar-refractivity contribution in [3.8, 4) is 0 Å². The van der Waals surface area contributed by atoms with Gasteiger partial charge in [-0.2, -0.15) is 0 Å². The molecule has 0 saturated heterocycles. The average molecular weight is 328 g/mol. The third kappa shape index (κ3) is 6.35. The first-order valence-corrected chi connectivity index (χ1v) is 6.93. The summed E-state index contributed by atoms with van der Waals surface area (Å²) in [5, 5.41) is 5.45. The summed E-state index contributed by atoms with van der Waals surface area (Å²) in [4.78, 5) is 23.0. The van der Waals surface area contributed by atoms with Crippen LogP contribution in [-0.4, -0.2) is 31.4 Å². The van der Waals surface area contributed by atoms with Crippen LogP contribution in [0.1, 0.15) is 23.2 Å². The van der Waals surface area contributed by atoms with Crippen molar-refractivity contribution in [3.63, 3.8) is 0 Å². The van der Waals surface area contributed by atoms with E-state index < -0.39 is 0 Å². The van der Waals surface area contributed by atoms with Crippen molar-refractivity contribution >= 4 is 27.7 Å². The maximum atomic E-state index is 11.7. The Kier molecular flexibility index (Phi) is 7.14. The van der Waals surface area contributed by atoms with Crippen molar-refractivity contribution in [2.75, 3.05) is 19.6 Å². The van der Waals surface area contributed by atoms with E-state index in [0.29, 0.717) is 38.0 Å². The van der Waals surface area contributed by atoms with Gasteiger partial charge >= 0.3 is 0 Å². The molecule has 1 aromatic carbocycles. The average Bonchev–Trinajstić information content (AvgIpc) is 2.41. The smallest absolute Gasteiger partial charge is 0.251 e. The van der Waals surface area contributed by atoms with Crippen molar-refractivity contribution in [2.45, 2.75) is 12.8 Å². The lowest BCUT2D eigenvalue weighted by molar-refractivity contribution is -0.121. The number of hydrogen-bond acceptors (Lipinski definition) is 3. The standard InChI is InChI=1S/C13H18BrN3O2/c14-11-5-3-10(4-6-11)13(19)17-9-8-16-12(18)2-1-7-15/h3-6H,1-2,7-9,15H2,(H,16,18)(H,17,19). The van der Waals surface area contributed by atoms with Crippen LogP contribution in [0.3, 0.4) is 0 Å². The van der Waals surface area contributed by atoms with Crippen molar-refractivity contribution in [1.29, 1.82) is 0 Å². The molecule has 0 saturated carbocycles. The molecular formula is C13H18BrN3O2. The molecule has 0 aliphatic carbocycles. The molecule has 1 aromatic rings. The number of halogens is 1. The molecule has 0 atom stereocenters. The molecule has 1 rings (SSSR count). The van der Waals surface area contributed by atoms with Gasteiger partial charge in [-0.25, -0.2) is 0 Å². The summed E-state index contributed by atoms with van der Waals surface area (Å²) in [6.45, 7) is 1.34. The molecule has 0 aromatic heterocycles. The third-order valence-corrected chi connectivity index (χ3v) is 2.98. The Balaban J connectivity index is 2.20. The fourth-order valence-electron chi connectivity index (χ4n) is 1.43. The second-order valence-corrected chi connectivity index (χ2v) is 4.92. The number of rotatable bonds is 7. The molecule has 19 heavy (non-hydrogen) atoms. The minimum Gasteiger partial charge on any atom is -0.354 e. The number of nitrogens with one attached hydrogen (secondary N) is 2. The highest BCUT2D eigenvalue weighted by molar-refractivity contribution is 9.10. The zero-order valence-electron chi connectivity index (χ0n) is 10.6. The Labute approximate surface area is 121 Å². The van der Waals surface area contributed by atoms with Gasteiger partial charge in [0.1, 0.15) is 0 Å². The maximum Gasteiger partial charge on any atom is 0.251 e. The normalized spacial score (nSPS) is 10.0. The summed E-state index contributed by atoms with van der Waals surface area (Å²) < 4.78 is 0.927. The Bertz CT molecular complexity index is 420. The van der Waals surface area contributed by atoms with Crippen LogP contribution in [0.15, 0.2) is 28.7 Å². The molecule has 0 aliphatic heterocycles. The van der Waals surface area contributed by atoms with Gasteiger partial charge in [-0.3, -0.25) is 9.59 Å². The summed E-state index contributed by atoms with van der Waals surface area (Å²) in [7, 11) is 0. The lowest BCUT2D eigenvalue weighted by atomic mass is 10.2. The number of nitrogens with two attached hydrogens (primary N) is 1. The molecule has 4 N–H and O–H groups in total. The van der Waals surface area contributed by atoms with Gasteiger partial charge in [0.2, 0.25) is 5.91 Å². The molecule has 0 heterocycles. The first-order valence-electron chi connectivity index (χ1n) is 6.14. The van der Waals surface area contributed by atoms with Crippen LogP contribution < -0.4 is 16.4 Å². The molecule has 2 amide bonds. The maximum absolute atomic E-state index is 11.7. The van der Waals surface area contributed by atoms with Gasteiger partial charge < -0.3 is 16.4 Å². The number of carbonyl (C=O) groups excluding carboxylic acids is 2. The fraction of sp³-hybridized carbons (Fsp3) is 0.385. The summed E-state index contributed by atoms with van der Waals surface area (Å²) in [6, 6.07) is 7.09. The Morgan fingerprint density at radius 1 is 1.11 bits per heavy atom. The highest BCUT2D eigenvalue weighted by atomic mass is 79.9. The van der Waals surface area contributed by atoms with Gasteiger partial charge in [0.05, 0.1) is 0 Å². The van der Waals surface area contributed by atoms with E-state index >= 15 is 0 Å². The predicted molar refractivity (Wildman–Crippen MR) is 77.8 cm³/mol. The van der Waals surface area contributed by atoms with Crippen LogP contribution in [0.2, 0.25) is 0 Å². The molecule has 0 bridgehead atoms. The van der Waals surface area contributed by atoms with E-state index in [1.54, 1.807) is 12.1 Å². The summed E-state index contributed by atoms with van der Waals surface area (Å²) in [6.07, 6.45) is 1.11. The Morgan fingerprint density at radius 3 is 2.37 bits per heavy atom. The molecule has 0 radical (unpaired) electrons. The Hall–Kier alpha value is -1.40. The van der Waals surface area contributed by atoms with Crippen LogP contribution >= 0.6 is 15.9 Å². The summed E-state index contributed by atoms with van der Waals surface area (Å²) >= 11 is 3.31. The quantitative estimate of drug-likeness (QED) is 0.654. The molecule has 0 unspecified atom stereocenters. The largest absolute Gasteiger partial charge is 0.354 e. The number of amides is 2. The number of carbonyl (C=O) groups is 2. The molecular weight excluding hydrogens is 310 g/mol. The summed E-state index contributed by atoms with van der Waals surface area (Å²) in [5.74, 6) is -0.188. The number of hydrogen-bond donors (Lipinski definition) is 3. The van der Waals surface area contributed by atoms with Crippen LogP contribution in [0.4, 0.5) is 0 Å². The van der Waals surface area contributed by atoms with E-state index in [4.69, 9.17) is 5.73 Å². The SMILES string of the molecule is NCCCC(=O)NCCNC(=O)c1ccc(Br)cc1. The molecule has 104 valence electrons. The van der Waals surface area contributed by atoms with Gasteiger partial charge in [0, 0.05) is 29.5 Å². The van der Waals surface area contributed by atoms with E-state index in [2.05, 4.69) is 26.6 Å². The van der Waals surface area contributed by atoms with Crippen LogP contribution in [-0.2, 0) is 4.79 Å². The number of benzene rings is 1. The zero-order chi connectivity index (χ0) is 14.1. The van der Waals surface area contributed by atoms with Gasteiger partial charge in [-0.05, 0) is 37.2 Å².